The largest absolute Gasteiger partial charge is 0.417 e. The quantitative estimate of drug-likeness (QED) is 0.541. The lowest BCUT2D eigenvalue weighted by molar-refractivity contribution is -0.138. The van der Waals surface area contributed by atoms with Crippen LogP contribution in [0.15, 0.2) is 47.4 Å². The predicted octanol–water partition coefficient (Wildman–Crippen LogP) is 2.63. The number of halogens is 3. The highest BCUT2D eigenvalue weighted by molar-refractivity contribution is 5.36. The van der Waals surface area contributed by atoms with Crippen LogP contribution in [-0.2, 0) is 26.9 Å². The second-order valence-corrected chi connectivity index (χ2v) is 6.18. The van der Waals surface area contributed by atoms with Crippen LogP contribution in [0.1, 0.15) is 11.1 Å². The van der Waals surface area contributed by atoms with E-state index >= 15 is 0 Å². The van der Waals surface area contributed by atoms with Gasteiger partial charge in [-0.25, -0.2) is 0 Å². The van der Waals surface area contributed by atoms with Gasteiger partial charge in [-0.05, 0) is 23.8 Å². The number of rotatable bonds is 12. The van der Waals surface area contributed by atoms with Crippen LogP contribution >= 0.6 is 0 Å². The average Bonchev–Trinajstić information content (AvgIpc) is 2.69. The highest BCUT2D eigenvalue weighted by Gasteiger charge is 2.31. The Bertz CT molecular complexity index is 792. The summed E-state index contributed by atoms with van der Waals surface area (Å²) in [5.41, 5.74) is -0.0718. The fourth-order valence-electron chi connectivity index (χ4n) is 2.47. The zero-order valence-corrected chi connectivity index (χ0v) is 16.2. The van der Waals surface area contributed by atoms with Crippen LogP contribution in [0.5, 0.6) is 0 Å². The molecule has 1 aromatic carbocycles. The van der Waals surface area contributed by atoms with E-state index in [-0.39, 0.29) is 0 Å². The Kier molecular flexibility index (Phi) is 9.33. The molecule has 0 amide bonds. The first-order valence-corrected chi connectivity index (χ1v) is 9.16. The third kappa shape index (κ3) is 7.98. The zero-order valence-electron chi connectivity index (χ0n) is 16.2. The Morgan fingerprint density at radius 1 is 0.931 bits per heavy atom. The number of methoxy groups -OCH3 is 1. The van der Waals surface area contributed by atoms with Gasteiger partial charge in [0, 0.05) is 38.1 Å². The summed E-state index contributed by atoms with van der Waals surface area (Å²) in [5, 5.41) is 3.21. The van der Waals surface area contributed by atoms with Crippen molar-refractivity contribution < 1.29 is 27.4 Å². The molecule has 0 bridgehead atoms. The van der Waals surface area contributed by atoms with Gasteiger partial charge in [-0.3, -0.25) is 9.36 Å². The number of alkyl halides is 3. The molecule has 0 aliphatic heterocycles. The number of nitrogens with zero attached hydrogens (tertiary/aromatic N) is 1. The summed E-state index contributed by atoms with van der Waals surface area (Å²) in [7, 11) is 1.62. The van der Waals surface area contributed by atoms with Gasteiger partial charge in [-0.2, -0.15) is 13.2 Å². The predicted molar refractivity (Wildman–Crippen MR) is 102 cm³/mol. The number of pyridine rings is 1. The molecule has 1 heterocycles. The number of aromatic nitrogens is 1. The van der Waals surface area contributed by atoms with Crippen LogP contribution < -0.4 is 10.9 Å². The SMILES string of the molecule is COCCOCCOCCNCc1ccc(-n2cc(C(F)(F)F)ccc2=O)cc1. The van der Waals surface area contributed by atoms with Crippen molar-refractivity contribution in [3.63, 3.8) is 0 Å². The van der Waals surface area contributed by atoms with E-state index in [9.17, 15) is 18.0 Å². The van der Waals surface area contributed by atoms with Gasteiger partial charge in [0.25, 0.3) is 5.56 Å². The molecule has 0 unspecified atom stereocenters. The Morgan fingerprint density at radius 2 is 1.59 bits per heavy atom. The van der Waals surface area contributed by atoms with Crippen molar-refractivity contribution in [2.24, 2.45) is 0 Å². The van der Waals surface area contributed by atoms with Crippen LogP contribution in [0.3, 0.4) is 0 Å². The third-order valence-electron chi connectivity index (χ3n) is 4.01. The fraction of sp³-hybridized carbons (Fsp3) is 0.450. The summed E-state index contributed by atoms with van der Waals surface area (Å²) in [6.07, 6.45) is -3.69. The van der Waals surface area contributed by atoms with Crippen molar-refractivity contribution in [1.82, 2.24) is 9.88 Å². The molecular formula is C20H25F3N2O4. The van der Waals surface area contributed by atoms with Crippen LogP contribution in [-0.4, -0.2) is 51.3 Å². The van der Waals surface area contributed by atoms with E-state index in [2.05, 4.69) is 5.32 Å². The van der Waals surface area contributed by atoms with Gasteiger partial charge >= 0.3 is 6.18 Å². The molecule has 0 aliphatic rings. The van der Waals surface area contributed by atoms with E-state index in [4.69, 9.17) is 14.2 Å². The van der Waals surface area contributed by atoms with Gasteiger partial charge in [0.15, 0.2) is 0 Å². The van der Waals surface area contributed by atoms with E-state index in [1.165, 1.54) is 0 Å². The lowest BCUT2D eigenvalue weighted by atomic mass is 10.2. The molecule has 1 N–H and O–H groups in total. The standard InChI is InChI=1S/C20H25F3N2O4/c1-27-10-11-29-13-12-28-9-8-24-14-16-2-5-18(6-3-16)25-15-17(20(21,22)23)4-7-19(25)26/h2-7,15,24H,8-14H2,1H3. The summed E-state index contributed by atoms with van der Waals surface area (Å²) in [4.78, 5) is 11.9. The Balaban J connectivity index is 1.76. The minimum atomic E-state index is -4.50. The van der Waals surface area contributed by atoms with Crippen molar-refractivity contribution in [1.29, 1.82) is 0 Å². The van der Waals surface area contributed by atoms with Crippen molar-refractivity contribution in [2.45, 2.75) is 12.7 Å². The van der Waals surface area contributed by atoms with E-state index in [0.717, 1.165) is 28.5 Å². The van der Waals surface area contributed by atoms with Gasteiger partial charge in [0.1, 0.15) is 0 Å². The highest BCUT2D eigenvalue weighted by Crippen LogP contribution is 2.28. The second kappa shape index (κ2) is 11.7. The molecule has 2 aromatic rings. The molecule has 29 heavy (non-hydrogen) atoms. The normalized spacial score (nSPS) is 11.7. The second-order valence-electron chi connectivity index (χ2n) is 6.18. The van der Waals surface area contributed by atoms with Crippen LogP contribution in [0.2, 0.25) is 0 Å². The minimum absolute atomic E-state index is 0.377. The van der Waals surface area contributed by atoms with Gasteiger partial charge in [-0.15, -0.1) is 0 Å². The van der Waals surface area contributed by atoms with Crippen molar-refractivity contribution >= 4 is 0 Å². The van der Waals surface area contributed by atoms with E-state index in [1.807, 2.05) is 0 Å². The molecule has 0 saturated heterocycles. The van der Waals surface area contributed by atoms with E-state index in [1.54, 1.807) is 31.4 Å². The molecule has 1 aromatic heterocycles. The van der Waals surface area contributed by atoms with Crippen LogP contribution in [0.4, 0.5) is 13.2 Å². The van der Waals surface area contributed by atoms with E-state index < -0.39 is 17.3 Å². The molecule has 9 heteroatoms. The minimum Gasteiger partial charge on any atom is -0.382 e. The summed E-state index contributed by atoms with van der Waals surface area (Å²) >= 11 is 0. The van der Waals surface area contributed by atoms with Crippen molar-refractivity contribution in [3.05, 3.63) is 64.1 Å². The highest BCUT2D eigenvalue weighted by atomic mass is 19.4. The molecule has 6 nitrogen and oxygen atoms in total. The van der Waals surface area contributed by atoms with Gasteiger partial charge < -0.3 is 19.5 Å². The summed E-state index contributed by atoms with van der Waals surface area (Å²) in [6, 6.07) is 8.46. The smallest absolute Gasteiger partial charge is 0.382 e. The Labute approximate surface area is 167 Å². The lowest BCUT2D eigenvalue weighted by Gasteiger charge is -2.11. The lowest BCUT2D eigenvalue weighted by Crippen LogP contribution is -2.21. The van der Waals surface area contributed by atoms with Crippen molar-refractivity contribution in [3.8, 4) is 5.69 Å². The van der Waals surface area contributed by atoms with Crippen LogP contribution in [0, 0.1) is 0 Å². The zero-order chi connectivity index (χ0) is 21.1. The first kappa shape index (κ1) is 23.1. The molecule has 160 valence electrons. The average molecular weight is 414 g/mol. The molecule has 0 spiro atoms. The number of hydrogen-bond donors (Lipinski definition) is 1. The Hall–Kier alpha value is -2.20. The van der Waals surface area contributed by atoms with Crippen LogP contribution in [0.25, 0.3) is 5.69 Å². The molecule has 0 atom stereocenters. The first-order valence-electron chi connectivity index (χ1n) is 9.16. The third-order valence-corrected chi connectivity index (χ3v) is 4.01. The number of nitrogens with one attached hydrogen (secondary N) is 1. The summed E-state index contributed by atoms with van der Waals surface area (Å²) in [5.74, 6) is 0. The van der Waals surface area contributed by atoms with Crippen molar-refractivity contribution in [2.75, 3.05) is 46.7 Å². The summed E-state index contributed by atoms with van der Waals surface area (Å²) in [6.45, 7) is 3.87. The van der Waals surface area contributed by atoms with Gasteiger partial charge in [0.05, 0.1) is 38.6 Å². The molecule has 0 aliphatic carbocycles. The Morgan fingerprint density at radius 3 is 2.24 bits per heavy atom. The maximum atomic E-state index is 12.9. The monoisotopic (exact) mass is 414 g/mol. The number of benzene rings is 1. The molecule has 0 radical (unpaired) electrons. The van der Waals surface area contributed by atoms with Gasteiger partial charge in [-0.1, -0.05) is 12.1 Å². The molecule has 0 saturated carbocycles. The van der Waals surface area contributed by atoms with Gasteiger partial charge in [0.2, 0.25) is 0 Å². The first-order chi connectivity index (χ1) is 13.9. The molecule has 0 fully saturated rings. The molecule has 2 rings (SSSR count). The molecular weight excluding hydrogens is 389 g/mol. The van der Waals surface area contributed by atoms with E-state index in [0.29, 0.717) is 51.8 Å². The summed E-state index contributed by atoms with van der Waals surface area (Å²) < 4.78 is 55.1. The maximum Gasteiger partial charge on any atom is 0.417 e. The topological polar surface area (TPSA) is 61.7 Å². The fourth-order valence-corrected chi connectivity index (χ4v) is 2.47. The maximum absolute atomic E-state index is 12.9. The number of hydrogen-bond acceptors (Lipinski definition) is 5. The number of ether oxygens (including phenoxy) is 3.